The van der Waals surface area contributed by atoms with Gasteiger partial charge < -0.3 is 9.80 Å². The van der Waals surface area contributed by atoms with E-state index in [0.717, 1.165) is 37.0 Å². The van der Waals surface area contributed by atoms with Crippen LogP contribution in [0.3, 0.4) is 0 Å². The molecule has 0 aliphatic heterocycles. The number of aryl methyl sites for hydroxylation is 1. The van der Waals surface area contributed by atoms with Crippen molar-refractivity contribution >= 4 is 11.8 Å². The van der Waals surface area contributed by atoms with Crippen LogP contribution in [0.15, 0.2) is 60.9 Å². The van der Waals surface area contributed by atoms with Gasteiger partial charge in [-0.2, -0.15) is 4.98 Å². The molecule has 0 fully saturated rings. The molecule has 0 N–H and O–H groups in total. The Balaban J connectivity index is 1.78. The van der Waals surface area contributed by atoms with Gasteiger partial charge >= 0.3 is 0 Å². The maximum Gasteiger partial charge on any atom is 0.227 e. The number of nitrogens with zero attached hydrogens (tertiary/aromatic N) is 5. The van der Waals surface area contributed by atoms with Crippen LogP contribution in [0.1, 0.15) is 30.7 Å². The molecule has 0 amide bonds. The lowest BCUT2D eigenvalue weighted by molar-refractivity contribution is 0.669. The Morgan fingerprint density at radius 2 is 1.64 bits per heavy atom. The Labute approximate surface area is 168 Å². The number of benzene rings is 1. The molecule has 1 aromatic carbocycles. The van der Waals surface area contributed by atoms with Crippen LogP contribution in [-0.4, -0.2) is 34.6 Å². The van der Waals surface area contributed by atoms with Crippen molar-refractivity contribution < 1.29 is 0 Å². The zero-order chi connectivity index (χ0) is 19.9. The molecule has 5 nitrogen and oxygen atoms in total. The highest BCUT2D eigenvalue weighted by Gasteiger charge is 2.16. The summed E-state index contributed by atoms with van der Waals surface area (Å²) in [7, 11) is 2.05. The highest BCUT2D eigenvalue weighted by Crippen LogP contribution is 2.21. The smallest absolute Gasteiger partial charge is 0.227 e. The minimum absolute atomic E-state index is 0.337. The number of rotatable bonds is 8. The Kier molecular flexibility index (Phi) is 6.58. The first-order valence-corrected chi connectivity index (χ1v) is 9.79. The number of aromatic nitrogens is 3. The topological polar surface area (TPSA) is 45.2 Å². The second kappa shape index (κ2) is 9.31. The first-order chi connectivity index (χ1) is 13.5. The monoisotopic (exact) mass is 375 g/mol. The number of anilines is 2. The van der Waals surface area contributed by atoms with Crippen LogP contribution in [0.2, 0.25) is 0 Å². The van der Waals surface area contributed by atoms with Gasteiger partial charge in [-0.3, -0.25) is 4.98 Å². The van der Waals surface area contributed by atoms with E-state index in [2.05, 4.69) is 83.1 Å². The van der Waals surface area contributed by atoms with Crippen molar-refractivity contribution in [2.45, 2.75) is 39.8 Å². The van der Waals surface area contributed by atoms with Crippen LogP contribution < -0.4 is 9.80 Å². The standard InChI is InChI=1S/C23H29N5/c1-18(2)28(17-21-8-6-5-7-9-21)22-16-19(3)25-23(26-22)27(4)15-12-20-10-13-24-14-11-20/h5-11,13-14,16,18H,12,15,17H2,1-4H3. The molecular weight excluding hydrogens is 346 g/mol. The van der Waals surface area contributed by atoms with Gasteiger partial charge in [-0.25, -0.2) is 4.98 Å². The van der Waals surface area contributed by atoms with Gasteiger partial charge in [-0.15, -0.1) is 0 Å². The third-order valence-corrected chi connectivity index (χ3v) is 4.77. The molecule has 146 valence electrons. The summed E-state index contributed by atoms with van der Waals surface area (Å²) in [6.07, 6.45) is 4.60. The zero-order valence-corrected chi connectivity index (χ0v) is 17.2. The van der Waals surface area contributed by atoms with Crippen LogP contribution in [0.5, 0.6) is 0 Å². The highest BCUT2D eigenvalue weighted by molar-refractivity contribution is 5.47. The molecule has 0 saturated carbocycles. The molecule has 5 heteroatoms. The van der Waals surface area contributed by atoms with E-state index in [9.17, 15) is 0 Å². The van der Waals surface area contributed by atoms with Crippen molar-refractivity contribution in [2.24, 2.45) is 0 Å². The number of hydrogen-bond donors (Lipinski definition) is 0. The zero-order valence-electron chi connectivity index (χ0n) is 17.2. The molecule has 28 heavy (non-hydrogen) atoms. The summed E-state index contributed by atoms with van der Waals surface area (Å²) in [5, 5.41) is 0. The summed E-state index contributed by atoms with van der Waals surface area (Å²) in [4.78, 5) is 18.1. The Morgan fingerprint density at radius 3 is 2.32 bits per heavy atom. The first kappa shape index (κ1) is 19.8. The molecule has 0 bridgehead atoms. The maximum atomic E-state index is 4.89. The summed E-state index contributed by atoms with van der Waals surface area (Å²) in [6.45, 7) is 8.12. The predicted octanol–water partition coefficient (Wildman–Crippen LogP) is 4.27. The van der Waals surface area contributed by atoms with Gasteiger partial charge in [-0.05, 0) is 50.5 Å². The molecule has 0 saturated heterocycles. The summed E-state index contributed by atoms with van der Waals surface area (Å²) in [6, 6.07) is 17.0. The second-order valence-electron chi connectivity index (χ2n) is 7.40. The van der Waals surface area contributed by atoms with Gasteiger partial charge in [0.25, 0.3) is 0 Å². The van der Waals surface area contributed by atoms with Gasteiger partial charge in [0.2, 0.25) is 5.95 Å². The van der Waals surface area contributed by atoms with E-state index in [1.54, 1.807) is 0 Å². The number of pyridine rings is 1. The largest absolute Gasteiger partial charge is 0.350 e. The molecule has 2 heterocycles. The lowest BCUT2D eigenvalue weighted by atomic mass is 10.2. The average molecular weight is 376 g/mol. The van der Waals surface area contributed by atoms with E-state index >= 15 is 0 Å². The van der Waals surface area contributed by atoms with Crippen molar-refractivity contribution in [3.63, 3.8) is 0 Å². The summed E-state index contributed by atoms with van der Waals surface area (Å²) in [5.74, 6) is 1.74. The van der Waals surface area contributed by atoms with Gasteiger partial charge in [0, 0.05) is 50.3 Å². The summed E-state index contributed by atoms with van der Waals surface area (Å²) in [5.41, 5.74) is 3.53. The number of hydrogen-bond acceptors (Lipinski definition) is 5. The van der Waals surface area contributed by atoms with Gasteiger partial charge in [-0.1, -0.05) is 30.3 Å². The Bertz CT molecular complexity index is 865. The molecule has 0 aliphatic rings. The van der Waals surface area contributed by atoms with Crippen molar-refractivity contribution in [3.05, 3.63) is 77.7 Å². The van der Waals surface area contributed by atoms with Gasteiger partial charge in [0.1, 0.15) is 5.82 Å². The fraction of sp³-hybridized carbons (Fsp3) is 0.348. The normalized spacial score (nSPS) is 10.9. The summed E-state index contributed by atoms with van der Waals surface area (Å²) >= 11 is 0. The van der Waals surface area contributed by atoms with E-state index in [4.69, 9.17) is 4.98 Å². The van der Waals surface area contributed by atoms with E-state index in [1.807, 2.05) is 25.4 Å². The quantitative estimate of drug-likeness (QED) is 0.588. The molecule has 0 radical (unpaired) electrons. The molecule has 3 aromatic rings. The van der Waals surface area contributed by atoms with Crippen LogP contribution in [0.25, 0.3) is 0 Å². The third-order valence-electron chi connectivity index (χ3n) is 4.77. The van der Waals surface area contributed by atoms with Crippen LogP contribution in [-0.2, 0) is 13.0 Å². The van der Waals surface area contributed by atoms with Crippen LogP contribution in [0, 0.1) is 6.92 Å². The number of likely N-dealkylation sites (N-methyl/N-ethyl adjacent to an activating group) is 1. The van der Waals surface area contributed by atoms with E-state index < -0.39 is 0 Å². The molecular formula is C23H29N5. The Hall–Kier alpha value is -2.95. The summed E-state index contributed by atoms with van der Waals surface area (Å²) < 4.78 is 0. The van der Waals surface area contributed by atoms with Gasteiger partial charge in [0.15, 0.2) is 0 Å². The molecule has 0 unspecified atom stereocenters. The molecule has 2 aromatic heterocycles. The van der Waals surface area contributed by atoms with Crippen molar-refractivity contribution in [2.75, 3.05) is 23.4 Å². The first-order valence-electron chi connectivity index (χ1n) is 9.79. The van der Waals surface area contributed by atoms with Crippen molar-refractivity contribution in [1.29, 1.82) is 0 Å². The lowest BCUT2D eigenvalue weighted by Crippen LogP contribution is -2.32. The minimum Gasteiger partial charge on any atom is -0.350 e. The van der Waals surface area contributed by atoms with Crippen LogP contribution >= 0.6 is 0 Å². The van der Waals surface area contributed by atoms with Crippen LogP contribution in [0.4, 0.5) is 11.8 Å². The minimum atomic E-state index is 0.337. The SMILES string of the molecule is Cc1cc(N(Cc2ccccc2)C(C)C)nc(N(C)CCc2ccncc2)n1. The third kappa shape index (κ3) is 5.28. The maximum absolute atomic E-state index is 4.89. The molecule has 0 aliphatic carbocycles. The molecule has 0 spiro atoms. The lowest BCUT2D eigenvalue weighted by Gasteiger charge is -2.29. The van der Waals surface area contributed by atoms with E-state index in [-0.39, 0.29) is 0 Å². The fourth-order valence-corrected chi connectivity index (χ4v) is 3.11. The molecule has 0 atom stereocenters. The highest BCUT2D eigenvalue weighted by atomic mass is 15.3. The average Bonchev–Trinajstić information content (AvgIpc) is 2.71. The predicted molar refractivity (Wildman–Crippen MR) is 116 cm³/mol. The van der Waals surface area contributed by atoms with E-state index in [1.165, 1.54) is 11.1 Å². The fourth-order valence-electron chi connectivity index (χ4n) is 3.11. The van der Waals surface area contributed by atoms with Crippen molar-refractivity contribution in [1.82, 2.24) is 15.0 Å². The Morgan fingerprint density at radius 1 is 0.929 bits per heavy atom. The van der Waals surface area contributed by atoms with Gasteiger partial charge in [0.05, 0.1) is 0 Å². The van der Waals surface area contributed by atoms with E-state index in [0.29, 0.717) is 6.04 Å². The molecule has 3 rings (SSSR count). The second-order valence-corrected chi connectivity index (χ2v) is 7.40. The van der Waals surface area contributed by atoms with Crippen molar-refractivity contribution in [3.8, 4) is 0 Å².